The first-order chi connectivity index (χ1) is 9.04. The summed E-state index contributed by atoms with van der Waals surface area (Å²) < 4.78 is 4.84. The number of carbonyl (C=O) groups is 1. The Bertz CT molecular complexity index is 474. The Morgan fingerprint density at radius 2 is 2.32 bits per heavy atom. The molecule has 2 rings (SSSR count). The maximum absolute atomic E-state index is 11.9. The number of anilines is 2. The fourth-order valence-corrected chi connectivity index (χ4v) is 2.75. The number of aromatic nitrogens is 1. The third-order valence-corrected chi connectivity index (χ3v) is 3.69. The van der Waals surface area contributed by atoms with Crippen molar-refractivity contribution in [3.8, 4) is 0 Å². The number of carbonyl (C=O) groups excluding carboxylic acids is 1. The zero-order chi connectivity index (χ0) is 14.0. The summed E-state index contributed by atoms with van der Waals surface area (Å²) in [6.45, 7) is 5.34. The average Bonchev–Trinajstić information content (AvgIpc) is 2.87. The molecule has 5 heteroatoms. The van der Waals surface area contributed by atoms with Gasteiger partial charge in [0.15, 0.2) is 0 Å². The minimum Gasteiger partial charge on any atom is -0.465 e. The van der Waals surface area contributed by atoms with Crippen LogP contribution in [0.4, 0.5) is 11.5 Å². The van der Waals surface area contributed by atoms with Gasteiger partial charge in [-0.3, -0.25) is 0 Å². The van der Waals surface area contributed by atoms with Crippen LogP contribution in [0.5, 0.6) is 0 Å². The molecule has 0 bridgehead atoms. The monoisotopic (exact) mass is 263 g/mol. The number of nitrogens with zero attached hydrogens (tertiary/aromatic N) is 2. The number of rotatable bonds is 3. The number of nitrogen functional groups attached to an aromatic ring is 1. The highest BCUT2D eigenvalue weighted by Crippen LogP contribution is 2.32. The highest BCUT2D eigenvalue weighted by Gasteiger charge is 2.30. The van der Waals surface area contributed by atoms with Crippen LogP contribution in [0.2, 0.25) is 0 Å². The molecule has 1 atom stereocenters. The summed E-state index contributed by atoms with van der Waals surface area (Å²) in [5, 5.41) is 0. The molecule has 0 saturated carbocycles. The van der Waals surface area contributed by atoms with Crippen molar-refractivity contribution in [3.05, 3.63) is 17.8 Å². The topological polar surface area (TPSA) is 68.5 Å². The molecule has 0 spiro atoms. The Hall–Kier alpha value is -1.78. The largest absolute Gasteiger partial charge is 0.465 e. The number of nitrogens with two attached hydrogens (primary N) is 1. The number of methoxy groups -OCH3 is 1. The quantitative estimate of drug-likeness (QED) is 0.845. The molecule has 1 saturated heterocycles. The third-order valence-electron chi connectivity index (χ3n) is 3.69. The summed E-state index contributed by atoms with van der Waals surface area (Å²) in [4.78, 5) is 18.3. The maximum atomic E-state index is 11.9. The Kier molecular flexibility index (Phi) is 3.93. The second-order valence-corrected chi connectivity index (χ2v) is 5.26. The van der Waals surface area contributed by atoms with Crippen LogP contribution in [0.25, 0.3) is 0 Å². The molecule has 1 fully saturated rings. The standard InChI is InChI=1S/C14H21N3O2/c1-9(2)11-5-4-6-17(11)12-8-16-13(15)7-10(12)14(18)19-3/h7-9,11H,4-6H2,1-3H3,(H2,15,16). The van der Waals surface area contributed by atoms with Gasteiger partial charge in [0.25, 0.3) is 0 Å². The average molecular weight is 263 g/mol. The smallest absolute Gasteiger partial charge is 0.340 e. The van der Waals surface area contributed by atoms with E-state index in [9.17, 15) is 4.79 Å². The summed E-state index contributed by atoms with van der Waals surface area (Å²) in [5.41, 5.74) is 7.01. The van der Waals surface area contributed by atoms with E-state index in [0.29, 0.717) is 23.3 Å². The van der Waals surface area contributed by atoms with Crippen molar-refractivity contribution in [2.24, 2.45) is 5.92 Å². The van der Waals surface area contributed by atoms with Crippen molar-refractivity contribution in [2.75, 3.05) is 24.3 Å². The Balaban J connectivity index is 2.41. The van der Waals surface area contributed by atoms with Crippen molar-refractivity contribution in [3.63, 3.8) is 0 Å². The molecule has 19 heavy (non-hydrogen) atoms. The lowest BCUT2D eigenvalue weighted by atomic mass is 10.0. The molecule has 1 unspecified atom stereocenters. The van der Waals surface area contributed by atoms with E-state index in [4.69, 9.17) is 10.5 Å². The van der Waals surface area contributed by atoms with Crippen molar-refractivity contribution < 1.29 is 9.53 Å². The lowest BCUT2D eigenvalue weighted by Gasteiger charge is -2.30. The minimum atomic E-state index is -0.362. The van der Waals surface area contributed by atoms with Crippen LogP contribution >= 0.6 is 0 Å². The molecule has 1 aliphatic heterocycles. The van der Waals surface area contributed by atoms with E-state index in [-0.39, 0.29) is 5.97 Å². The predicted octanol–water partition coefficient (Wildman–Crippen LogP) is 2.08. The molecule has 104 valence electrons. The molecule has 2 heterocycles. The number of hydrogen-bond donors (Lipinski definition) is 1. The molecular formula is C14H21N3O2. The van der Waals surface area contributed by atoms with Gasteiger partial charge in [-0.25, -0.2) is 9.78 Å². The van der Waals surface area contributed by atoms with Gasteiger partial charge in [-0.05, 0) is 24.8 Å². The van der Waals surface area contributed by atoms with Gasteiger partial charge < -0.3 is 15.4 Å². The molecule has 1 aromatic rings. The lowest BCUT2D eigenvalue weighted by molar-refractivity contribution is 0.0601. The van der Waals surface area contributed by atoms with Crippen molar-refractivity contribution in [1.82, 2.24) is 4.98 Å². The zero-order valence-electron chi connectivity index (χ0n) is 11.7. The molecule has 2 N–H and O–H groups in total. The van der Waals surface area contributed by atoms with Gasteiger partial charge >= 0.3 is 5.97 Å². The predicted molar refractivity (Wildman–Crippen MR) is 75.2 cm³/mol. The van der Waals surface area contributed by atoms with E-state index in [1.54, 1.807) is 12.3 Å². The SMILES string of the molecule is COC(=O)c1cc(N)ncc1N1CCCC1C(C)C. The first kappa shape index (κ1) is 13.6. The van der Waals surface area contributed by atoms with E-state index in [2.05, 4.69) is 23.7 Å². The van der Waals surface area contributed by atoms with Gasteiger partial charge in [0.05, 0.1) is 24.6 Å². The number of esters is 1. The second kappa shape index (κ2) is 5.47. The van der Waals surface area contributed by atoms with Gasteiger partial charge in [-0.15, -0.1) is 0 Å². The second-order valence-electron chi connectivity index (χ2n) is 5.26. The van der Waals surface area contributed by atoms with E-state index in [0.717, 1.165) is 25.1 Å². The summed E-state index contributed by atoms with van der Waals surface area (Å²) >= 11 is 0. The van der Waals surface area contributed by atoms with Crippen molar-refractivity contribution in [2.45, 2.75) is 32.7 Å². The lowest BCUT2D eigenvalue weighted by Crippen LogP contribution is -2.34. The first-order valence-electron chi connectivity index (χ1n) is 6.65. The van der Waals surface area contributed by atoms with E-state index in [1.807, 2.05) is 0 Å². The van der Waals surface area contributed by atoms with Crippen LogP contribution in [0.15, 0.2) is 12.3 Å². The highest BCUT2D eigenvalue weighted by molar-refractivity contribution is 5.96. The fourth-order valence-electron chi connectivity index (χ4n) is 2.75. The third kappa shape index (κ3) is 2.64. The van der Waals surface area contributed by atoms with Gasteiger partial charge in [0.2, 0.25) is 0 Å². The van der Waals surface area contributed by atoms with E-state index < -0.39 is 0 Å². The van der Waals surface area contributed by atoms with Crippen LogP contribution in [0, 0.1) is 5.92 Å². The number of pyridine rings is 1. The summed E-state index contributed by atoms with van der Waals surface area (Å²) in [5.74, 6) is 0.508. The minimum absolute atomic E-state index is 0.337. The Morgan fingerprint density at radius 1 is 1.58 bits per heavy atom. The van der Waals surface area contributed by atoms with Crippen LogP contribution in [0.1, 0.15) is 37.0 Å². The van der Waals surface area contributed by atoms with Gasteiger partial charge in [0, 0.05) is 12.6 Å². The summed E-state index contributed by atoms with van der Waals surface area (Å²) in [7, 11) is 1.38. The fraction of sp³-hybridized carbons (Fsp3) is 0.571. The Morgan fingerprint density at radius 3 is 2.95 bits per heavy atom. The van der Waals surface area contributed by atoms with Crippen LogP contribution in [-0.2, 0) is 4.74 Å². The van der Waals surface area contributed by atoms with Crippen LogP contribution < -0.4 is 10.6 Å². The molecular weight excluding hydrogens is 242 g/mol. The number of hydrogen-bond acceptors (Lipinski definition) is 5. The maximum Gasteiger partial charge on any atom is 0.340 e. The molecule has 1 aromatic heterocycles. The molecule has 0 radical (unpaired) electrons. The molecule has 1 aliphatic rings. The van der Waals surface area contributed by atoms with E-state index >= 15 is 0 Å². The normalized spacial score (nSPS) is 18.9. The zero-order valence-corrected chi connectivity index (χ0v) is 11.7. The van der Waals surface area contributed by atoms with Gasteiger partial charge in [0.1, 0.15) is 5.82 Å². The summed E-state index contributed by atoms with van der Waals surface area (Å²) in [6, 6.07) is 2.03. The molecule has 0 amide bonds. The molecule has 5 nitrogen and oxygen atoms in total. The summed E-state index contributed by atoms with van der Waals surface area (Å²) in [6.07, 6.45) is 3.96. The highest BCUT2D eigenvalue weighted by atomic mass is 16.5. The molecule has 0 aromatic carbocycles. The Labute approximate surface area is 113 Å². The van der Waals surface area contributed by atoms with E-state index in [1.165, 1.54) is 7.11 Å². The number of ether oxygens (including phenoxy) is 1. The first-order valence-corrected chi connectivity index (χ1v) is 6.65. The van der Waals surface area contributed by atoms with Gasteiger partial charge in [-0.2, -0.15) is 0 Å². The van der Waals surface area contributed by atoms with Crippen molar-refractivity contribution >= 4 is 17.5 Å². The van der Waals surface area contributed by atoms with Gasteiger partial charge in [-0.1, -0.05) is 13.8 Å². The van der Waals surface area contributed by atoms with Crippen LogP contribution in [-0.4, -0.2) is 30.6 Å². The van der Waals surface area contributed by atoms with Crippen LogP contribution in [0.3, 0.4) is 0 Å². The molecule has 0 aliphatic carbocycles. The van der Waals surface area contributed by atoms with Crippen molar-refractivity contribution in [1.29, 1.82) is 0 Å².